The van der Waals surface area contributed by atoms with E-state index >= 15 is 0 Å². The van der Waals surface area contributed by atoms with Crippen molar-refractivity contribution in [2.75, 3.05) is 0 Å². The Kier molecular flexibility index (Phi) is 11.7. The Labute approximate surface area is 166 Å². The van der Waals surface area contributed by atoms with Crippen LogP contribution in [0.25, 0.3) is 0 Å². The maximum Gasteiger partial charge on any atom is 0.309 e. The molecule has 1 saturated carbocycles. The zero-order valence-corrected chi connectivity index (χ0v) is 17.9. The molecule has 0 aromatic heterocycles. The van der Waals surface area contributed by atoms with E-state index < -0.39 is 11.6 Å². The van der Waals surface area contributed by atoms with Gasteiger partial charge in [-0.3, -0.25) is 9.59 Å². The Morgan fingerprint density at radius 3 is 1.96 bits per heavy atom. The van der Waals surface area contributed by atoms with Crippen molar-refractivity contribution >= 4 is 11.9 Å². The first-order valence-corrected chi connectivity index (χ1v) is 11.3. The number of carbonyl (C=O) groups is 2. The van der Waals surface area contributed by atoms with Crippen molar-refractivity contribution < 1.29 is 19.4 Å². The van der Waals surface area contributed by atoms with E-state index in [0.29, 0.717) is 12.8 Å². The van der Waals surface area contributed by atoms with Crippen molar-refractivity contribution in [3.05, 3.63) is 0 Å². The summed E-state index contributed by atoms with van der Waals surface area (Å²) in [6.45, 7) is 6.22. The van der Waals surface area contributed by atoms with Gasteiger partial charge in [-0.05, 0) is 46.0 Å². The lowest BCUT2D eigenvalue weighted by Gasteiger charge is -2.30. The largest absolute Gasteiger partial charge is 0.481 e. The quantitative estimate of drug-likeness (QED) is 0.275. The van der Waals surface area contributed by atoms with E-state index in [0.717, 1.165) is 25.7 Å². The van der Waals surface area contributed by atoms with Crippen molar-refractivity contribution in [1.29, 1.82) is 0 Å². The minimum atomic E-state index is -0.780. The highest BCUT2D eigenvalue weighted by Crippen LogP contribution is 2.32. The Bertz CT molecular complexity index is 430. The van der Waals surface area contributed by atoms with Gasteiger partial charge in [-0.2, -0.15) is 0 Å². The molecule has 0 saturated heterocycles. The summed E-state index contributed by atoms with van der Waals surface area (Å²) >= 11 is 0. The van der Waals surface area contributed by atoms with Crippen molar-refractivity contribution in [2.45, 2.75) is 123 Å². The number of hydrogen-bond acceptors (Lipinski definition) is 3. The van der Waals surface area contributed by atoms with Crippen LogP contribution in [0.5, 0.6) is 0 Å². The van der Waals surface area contributed by atoms with Gasteiger partial charge < -0.3 is 9.84 Å². The minimum Gasteiger partial charge on any atom is -0.481 e. The molecule has 1 aliphatic rings. The van der Waals surface area contributed by atoms with Crippen LogP contribution in [-0.4, -0.2) is 22.6 Å². The molecule has 0 bridgehead atoms. The smallest absolute Gasteiger partial charge is 0.309 e. The molecule has 1 rings (SSSR count). The molecule has 0 aliphatic heterocycles. The van der Waals surface area contributed by atoms with E-state index in [1.165, 1.54) is 57.8 Å². The average Bonchev–Trinajstić information content (AvgIpc) is 2.63. The summed E-state index contributed by atoms with van der Waals surface area (Å²) in [6.07, 6.45) is 16.5. The average molecular weight is 383 g/mol. The van der Waals surface area contributed by atoms with Crippen LogP contribution in [0.15, 0.2) is 0 Å². The summed E-state index contributed by atoms with van der Waals surface area (Å²) in [4.78, 5) is 23.6. The van der Waals surface area contributed by atoms with E-state index in [1.54, 1.807) is 0 Å². The molecule has 1 aliphatic carbocycles. The van der Waals surface area contributed by atoms with Crippen LogP contribution in [0.2, 0.25) is 0 Å². The van der Waals surface area contributed by atoms with Crippen LogP contribution in [0.1, 0.15) is 117 Å². The number of rotatable bonds is 14. The standard InChI is InChI=1S/C23H42O4/c1-4-5-6-7-8-9-10-11-12-13-17-23(2,3)27-22(26)20-16-14-15-19(18-20)21(24)25/h19-20H,4-18H2,1-3H3,(H,24,25). The number of esters is 1. The monoisotopic (exact) mass is 382 g/mol. The van der Waals surface area contributed by atoms with Gasteiger partial charge >= 0.3 is 11.9 Å². The number of carboxylic acid groups (broad SMARTS) is 1. The molecule has 27 heavy (non-hydrogen) atoms. The maximum atomic E-state index is 12.4. The summed E-state index contributed by atoms with van der Waals surface area (Å²) < 4.78 is 5.76. The van der Waals surface area contributed by atoms with Gasteiger partial charge in [0.25, 0.3) is 0 Å². The lowest BCUT2D eigenvalue weighted by Crippen LogP contribution is -2.34. The first kappa shape index (κ1) is 24.0. The third-order valence-corrected chi connectivity index (χ3v) is 5.87. The molecule has 2 unspecified atom stereocenters. The van der Waals surface area contributed by atoms with E-state index in [1.807, 2.05) is 13.8 Å². The number of ether oxygens (including phenoxy) is 1. The fourth-order valence-electron chi connectivity index (χ4n) is 4.07. The minimum absolute atomic E-state index is 0.196. The van der Waals surface area contributed by atoms with Gasteiger partial charge in [0.2, 0.25) is 0 Å². The van der Waals surface area contributed by atoms with E-state index in [-0.39, 0.29) is 17.8 Å². The Morgan fingerprint density at radius 2 is 1.41 bits per heavy atom. The van der Waals surface area contributed by atoms with Crippen molar-refractivity contribution in [3.63, 3.8) is 0 Å². The fraction of sp³-hybridized carbons (Fsp3) is 0.913. The van der Waals surface area contributed by atoms with E-state index in [2.05, 4.69) is 6.92 Å². The predicted molar refractivity (Wildman–Crippen MR) is 110 cm³/mol. The van der Waals surface area contributed by atoms with Gasteiger partial charge in [-0.25, -0.2) is 0 Å². The van der Waals surface area contributed by atoms with Crippen LogP contribution >= 0.6 is 0 Å². The number of aliphatic carboxylic acids is 1. The highest BCUT2D eigenvalue weighted by molar-refractivity contribution is 5.75. The fourth-order valence-corrected chi connectivity index (χ4v) is 4.07. The molecule has 0 amide bonds. The molecule has 4 heteroatoms. The van der Waals surface area contributed by atoms with Crippen LogP contribution in [-0.2, 0) is 14.3 Å². The molecule has 1 fully saturated rings. The third-order valence-electron chi connectivity index (χ3n) is 5.87. The van der Waals surface area contributed by atoms with Crippen molar-refractivity contribution in [1.82, 2.24) is 0 Å². The van der Waals surface area contributed by atoms with Crippen LogP contribution in [0, 0.1) is 11.8 Å². The molecule has 0 heterocycles. The first-order chi connectivity index (χ1) is 12.9. The molecule has 0 aromatic rings. The SMILES string of the molecule is CCCCCCCCCCCCC(C)(C)OC(=O)C1CCCC(C(=O)O)C1. The van der Waals surface area contributed by atoms with Crippen molar-refractivity contribution in [3.8, 4) is 0 Å². The number of unbranched alkanes of at least 4 members (excludes halogenated alkanes) is 9. The zero-order valence-electron chi connectivity index (χ0n) is 17.9. The molecule has 158 valence electrons. The Balaban J connectivity index is 2.14. The second-order valence-corrected chi connectivity index (χ2v) is 9.01. The maximum absolute atomic E-state index is 12.4. The van der Waals surface area contributed by atoms with Crippen LogP contribution < -0.4 is 0 Å². The second kappa shape index (κ2) is 13.2. The first-order valence-electron chi connectivity index (χ1n) is 11.3. The highest BCUT2D eigenvalue weighted by Gasteiger charge is 2.34. The molecular weight excluding hydrogens is 340 g/mol. The third kappa shape index (κ3) is 10.8. The van der Waals surface area contributed by atoms with Gasteiger partial charge in [0.15, 0.2) is 0 Å². The number of hydrogen-bond donors (Lipinski definition) is 1. The van der Waals surface area contributed by atoms with Gasteiger partial charge in [-0.15, -0.1) is 0 Å². The zero-order chi connectivity index (χ0) is 20.1. The Hall–Kier alpha value is -1.06. The van der Waals surface area contributed by atoms with Crippen molar-refractivity contribution in [2.24, 2.45) is 11.8 Å². The molecule has 4 nitrogen and oxygen atoms in total. The second-order valence-electron chi connectivity index (χ2n) is 9.01. The molecule has 2 atom stereocenters. The lowest BCUT2D eigenvalue weighted by molar-refractivity contribution is -0.164. The van der Waals surface area contributed by atoms with Gasteiger partial charge in [0.05, 0.1) is 11.8 Å². The summed E-state index contributed by atoms with van der Waals surface area (Å²) in [7, 11) is 0. The van der Waals surface area contributed by atoms with E-state index in [9.17, 15) is 14.7 Å². The van der Waals surface area contributed by atoms with Crippen LogP contribution in [0.4, 0.5) is 0 Å². The number of carbonyl (C=O) groups excluding carboxylic acids is 1. The topological polar surface area (TPSA) is 63.6 Å². The molecule has 0 spiro atoms. The number of carboxylic acids is 1. The Morgan fingerprint density at radius 1 is 0.889 bits per heavy atom. The van der Waals surface area contributed by atoms with Gasteiger partial charge in [0.1, 0.15) is 5.60 Å². The molecule has 0 radical (unpaired) electrons. The summed E-state index contributed by atoms with van der Waals surface area (Å²) in [6, 6.07) is 0. The van der Waals surface area contributed by atoms with Gasteiger partial charge in [0, 0.05) is 0 Å². The summed E-state index contributed by atoms with van der Waals surface area (Å²) in [5.41, 5.74) is -0.451. The summed E-state index contributed by atoms with van der Waals surface area (Å²) in [5.74, 6) is -1.61. The van der Waals surface area contributed by atoms with Gasteiger partial charge in [-0.1, -0.05) is 71.1 Å². The summed E-state index contributed by atoms with van der Waals surface area (Å²) in [5, 5.41) is 9.18. The van der Waals surface area contributed by atoms with Crippen LogP contribution in [0.3, 0.4) is 0 Å². The predicted octanol–water partition coefficient (Wildman–Crippen LogP) is 6.51. The highest BCUT2D eigenvalue weighted by atomic mass is 16.6. The molecule has 0 aromatic carbocycles. The lowest BCUT2D eigenvalue weighted by atomic mass is 9.81. The molecular formula is C23H42O4. The normalized spacial score (nSPS) is 20.4. The van der Waals surface area contributed by atoms with E-state index in [4.69, 9.17) is 4.74 Å². The molecule has 1 N–H and O–H groups in total.